The van der Waals surface area contributed by atoms with Crippen molar-refractivity contribution in [2.75, 3.05) is 0 Å². The van der Waals surface area contributed by atoms with E-state index in [9.17, 15) is 10.2 Å². The lowest BCUT2D eigenvalue weighted by atomic mass is 9.48. The molecule has 0 aromatic heterocycles. The van der Waals surface area contributed by atoms with E-state index in [1.54, 1.807) is 0 Å². The number of rotatable bonds is 6. The van der Waals surface area contributed by atoms with E-state index in [0.717, 1.165) is 80.0 Å². The summed E-state index contributed by atoms with van der Waals surface area (Å²) < 4.78 is 0. The summed E-state index contributed by atoms with van der Waals surface area (Å²) in [6.07, 6.45) is 18.8. The molecule has 0 aliphatic heterocycles. The Morgan fingerprint density at radius 3 is 2.33 bits per heavy atom. The van der Waals surface area contributed by atoms with Crippen molar-refractivity contribution in [2.45, 2.75) is 128 Å². The van der Waals surface area contributed by atoms with Crippen LogP contribution in [-0.2, 0) is 0 Å². The first kappa shape index (κ1) is 21.7. The molecular weight excluding hydrogens is 368 g/mol. The van der Waals surface area contributed by atoms with Gasteiger partial charge in [0, 0.05) is 0 Å². The molecule has 2 heteroatoms. The van der Waals surface area contributed by atoms with E-state index >= 15 is 0 Å². The van der Waals surface area contributed by atoms with E-state index in [1.165, 1.54) is 57.8 Å². The zero-order valence-electron chi connectivity index (χ0n) is 20.0. The Labute approximate surface area is 185 Å². The van der Waals surface area contributed by atoms with Crippen LogP contribution in [0.15, 0.2) is 0 Å². The molecule has 0 saturated heterocycles. The summed E-state index contributed by atoms with van der Waals surface area (Å²) in [6.45, 7) is 7.40. The standard InChI is InChI=1S/C28H48O2/c1-4-27(29)15-12-21-20(18-27)7-8-23-22(21)11-14-26(3)24(9-10-25(23)26)19(2)6-5-13-28(30)16-17-28/h19-25,29-30H,4-18H2,1-3H3/t19-,20+,21+,22-,23-,24-,25+,26-,27+/m1/s1. The molecule has 0 radical (unpaired) electrons. The van der Waals surface area contributed by atoms with Crippen LogP contribution in [0.3, 0.4) is 0 Å². The van der Waals surface area contributed by atoms with Gasteiger partial charge in [-0.05, 0) is 130 Å². The summed E-state index contributed by atoms with van der Waals surface area (Å²) in [5.41, 5.74) is -0.0378. The van der Waals surface area contributed by atoms with E-state index in [2.05, 4.69) is 20.8 Å². The van der Waals surface area contributed by atoms with E-state index in [-0.39, 0.29) is 11.2 Å². The Morgan fingerprint density at radius 2 is 1.60 bits per heavy atom. The lowest BCUT2D eigenvalue weighted by Crippen LogP contribution is -2.51. The first-order valence-electron chi connectivity index (χ1n) is 13.7. The fraction of sp³-hybridized carbons (Fsp3) is 1.00. The van der Waals surface area contributed by atoms with Gasteiger partial charge in [-0.2, -0.15) is 0 Å². The van der Waals surface area contributed by atoms with Gasteiger partial charge in [-0.1, -0.05) is 33.6 Å². The van der Waals surface area contributed by atoms with Gasteiger partial charge in [0.25, 0.3) is 0 Å². The molecule has 0 heterocycles. The molecule has 2 nitrogen and oxygen atoms in total. The van der Waals surface area contributed by atoms with E-state index < -0.39 is 0 Å². The van der Waals surface area contributed by atoms with Crippen LogP contribution >= 0.6 is 0 Å². The Morgan fingerprint density at radius 1 is 0.833 bits per heavy atom. The Kier molecular flexibility index (Phi) is 5.62. The van der Waals surface area contributed by atoms with E-state index in [4.69, 9.17) is 0 Å². The predicted octanol–water partition coefficient (Wildman–Crippen LogP) is 6.73. The average molecular weight is 417 g/mol. The Balaban J connectivity index is 1.23. The van der Waals surface area contributed by atoms with Crippen LogP contribution in [0.5, 0.6) is 0 Å². The minimum atomic E-state index is -0.349. The van der Waals surface area contributed by atoms with Gasteiger partial charge >= 0.3 is 0 Å². The molecule has 0 amide bonds. The fourth-order valence-corrected chi connectivity index (χ4v) is 9.61. The van der Waals surface area contributed by atoms with E-state index in [0.29, 0.717) is 5.41 Å². The minimum Gasteiger partial charge on any atom is -0.390 e. The molecule has 5 saturated carbocycles. The maximum Gasteiger partial charge on any atom is 0.0650 e. The highest BCUT2D eigenvalue weighted by molar-refractivity contribution is 5.07. The van der Waals surface area contributed by atoms with Crippen molar-refractivity contribution in [3.8, 4) is 0 Å². The second-order valence-electron chi connectivity index (χ2n) is 13.1. The van der Waals surface area contributed by atoms with Crippen LogP contribution in [-0.4, -0.2) is 21.4 Å². The monoisotopic (exact) mass is 416 g/mol. The fourth-order valence-electron chi connectivity index (χ4n) is 9.61. The van der Waals surface area contributed by atoms with Crippen molar-refractivity contribution >= 4 is 0 Å². The van der Waals surface area contributed by atoms with Crippen LogP contribution in [0.25, 0.3) is 0 Å². The summed E-state index contributed by atoms with van der Waals surface area (Å²) in [4.78, 5) is 0. The normalized spacial score (nSPS) is 50.3. The molecule has 5 aliphatic carbocycles. The molecule has 0 spiro atoms. The molecule has 0 unspecified atom stereocenters. The largest absolute Gasteiger partial charge is 0.390 e. The quantitative estimate of drug-likeness (QED) is 0.504. The lowest BCUT2D eigenvalue weighted by molar-refractivity contribution is -0.109. The van der Waals surface area contributed by atoms with Gasteiger partial charge in [0.1, 0.15) is 0 Å². The zero-order valence-corrected chi connectivity index (χ0v) is 20.0. The molecule has 5 aliphatic rings. The van der Waals surface area contributed by atoms with Crippen molar-refractivity contribution in [3.63, 3.8) is 0 Å². The maximum atomic E-state index is 10.9. The molecule has 172 valence electrons. The minimum absolute atomic E-state index is 0.261. The predicted molar refractivity (Wildman–Crippen MR) is 123 cm³/mol. The van der Waals surface area contributed by atoms with Gasteiger partial charge in [0.15, 0.2) is 0 Å². The molecule has 0 aromatic carbocycles. The van der Waals surface area contributed by atoms with Crippen molar-refractivity contribution in [2.24, 2.45) is 46.8 Å². The van der Waals surface area contributed by atoms with Gasteiger partial charge in [0.2, 0.25) is 0 Å². The third-order valence-corrected chi connectivity index (χ3v) is 11.7. The number of hydrogen-bond acceptors (Lipinski definition) is 2. The Bertz CT molecular complexity index is 626. The second kappa shape index (κ2) is 7.75. The summed E-state index contributed by atoms with van der Waals surface area (Å²) >= 11 is 0. The van der Waals surface area contributed by atoms with E-state index in [1.807, 2.05) is 0 Å². The molecule has 9 atom stereocenters. The molecule has 2 N–H and O–H groups in total. The smallest absolute Gasteiger partial charge is 0.0650 e. The second-order valence-corrected chi connectivity index (χ2v) is 13.1. The maximum absolute atomic E-state index is 10.9. The van der Waals surface area contributed by atoms with Gasteiger partial charge in [-0.3, -0.25) is 0 Å². The van der Waals surface area contributed by atoms with Gasteiger partial charge in [-0.25, -0.2) is 0 Å². The third-order valence-electron chi connectivity index (χ3n) is 11.7. The molecule has 5 rings (SSSR count). The third kappa shape index (κ3) is 3.70. The lowest BCUT2D eigenvalue weighted by Gasteiger charge is -2.57. The average Bonchev–Trinajstić information content (AvgIpc) is 3.34. The van der Waals surface area contributed by atoms with Crippen molar-refractivity contribution in [3.05, 3.63) is 0 Å². The highest BCUT2D eigenvalue weighted by atomic mass is 16.3. The first-order chi connectivity index (χ1) is 14.3. The van der Waals surface area contributed by atoms with Gasteiger partial charge < -0.3 is 10.2 Å². The van der Waals surface area contributed by atoms with Crippen molar-refractivity contribution in [1.82, 2.24) is 0 Å². The van der Waals surface area contributed by atoms with Crippen LogP contribution in [0.1, 0.15) is 117 Å². The number of aliphatic hydroxyl groups is 2. The molecular formula is C28H48O2. The topological polar surface area (TPSA) is 40.5 Å². The number of fused-ring (bicyclic) bond motifs is 5. The van der Waals surface area contributed by atoms with Crippen LogP contribution in [0.2, 0.25) is 0 Å². The first-order valence-corrected chi connectivity index (χ1v) is 13.7. The van der Waals surface area contributed by atoms with Crippen LogP contribution < -0.4 is 0 Å². The highest BCUT2D eigenvalue weighted by Crippen LogP contribution is 2.66. The summed E-state index contributed by atoms with van der Waals surface area (Å²) in [6, 6.07) is 0. The van der Waals surface area contributed by atoms with Crippen molar-refractivity contribution in [1.29, 1.82) is 0 Å². The van der Waals surface area contributed by atoms with Gasteiger partial charge in [-0.15, -0.1) is 0 Å². The summed E-state index contributed by atoms with van der Waals surface area (Å²) in [5, 5.41) is 21.1. The van der Waals surface area contributed by atoms with Gasteiger partial charge in [0.05, 0.1) is 11.2 Å². The van der Waals surface area contributed by atoms with Crippen LogP contribution in [0.4, 0.5) is 0 Å². The molecule has 0 bridgehead atoms. The van der Waals surface area contributed by atoms with Crippen molar-refractivity contribution < 1.29 is 10.2 Å². The van der Waals surface area contributed by atoms with Crippen LogP contribution in [0, 0.1) is 46.8 Å². The molecule has 0 aromatic rings. The highest BCUT2D eigenvalue weighted by Gasteiger charge is 2.58. The SMILES string of the molecule is CC[C@]1(O)CC[C@H]2[C@@H](CC[C@@H]3[C@@H]2CC[C@]2(C)[C@@H]([C@H](C)CCCC4(O)CC4)CC[C@@H]32)C1. The summed E-state index contributed by atoms with van der Waals surface area (Å²) in [7, 11) is 0. The summed E-state index contributed by atoms with van der Waals surface area (Å²) in [5.74, 6) is 6.35. The molecule has 30 heavy (non-hydrogen) atoms. The Hall–Kier alpha value is -0.0800. The molecule has 5 fully saturated rings. The zero-order chi connectivity index (χ0) is 21.1. The number of hydrogen-bond donors (Lipinski definition) is 2.